The van der Waals surface area contributed by atoms with E-state index >= 15 is 0 Å². The Morgan fingerprint density at radius 1 is 1.46 bits per heavy atom. The number of hydrogen-bond donors (Lipinski definition) is 1. The summed E-state index contributed by atoms with van der Waals surface area (Å²) in [5.74, 6) is 2.70. The highest BCUT2D eigenvalue weighted by atomic mass is 15.2. The summed E-state index contributed by atoms with van der Waals surface area (Å²) < 4.78 is 0. The van der Waals surface area contributed by atoms with E-state index in [1.165, 1.54) is 0 Å². The van der Waals surface area contributed by atoms with E-state index in [0.717, 1.165) is 26.1 Å². The van der Waals surface area contributed by atoms with Crippen LogP contribution in [0.1, 0.15) is 27.2 Å². The first-order valence-corrected chi connectivity index (χ1v) is 4.90. The van der Waals surface area contributed by atoms with E-state index in [1.807, 2.05) is 7.05 Å². The summed E-state index contributed by atoms with van der Waals surface area (Å²) in [6.07, 6.45) is 6.46. The van der Waals surface area contributed by atoms with Crippen LogP contribution in [-0.2, 0) is 0 Å². The third-order valence-corrected chi connectivity index (χ3v) is 2.15. The van der Waals surface area contributed by atoms with Gasteiger partial charge in [-0.3, -0.25) is 4.90 Å². The normalized spacial score (nSPS) is 11.7. The molecule has 0 aromatic carbocycles. The smallest absolute Gasteiger partial charge is 0.0599 e. The summed E-state index contributed by atoms with van der Waals surface area (Å²) in [5.41, 5.74) is 0.145. The van der Waals surface area contributed by atoms with Crippen LogP contribution in [0.3, 0.4) is 0 Å². The molecule has 0 rings (SSSR count). The highest BCUT2D eigenvalue weighted by molar-refractivity contribution is 4.91. The largest absolute Gasteiger partial charge is 0.314 e. The number of likely N-dealkylation sites (N-methyl/N-ethyl adjacent to an activating group) is 1. The molecule has 2 nitrogen and oxygen atoms in total. The van der Waals surface area contributed by atoms with Gasteiger partial charge in [0.05, 0.1) is 6.54 Å². The van der Waals surface area contributed by atoms with Gasteiger partial charge in [-0.05, 0) is 33.9 Å². The fourth-order valence-electron chi connectivity index (χ4n) is 1.30. The van der Waals surface area contributed by atoms with Crippen molar-refractivity contribution in [3.8, 4) is 12.3 Å². The second-order valence-corrected chi connectivity index (χ2v) is 4.05. The Bertz CT molecular complexity index is 167. The van der Waals surface area contributed by atoms with Gasteiger partial charge in [0.15, 0.2) is 0 Å². The number of nitrogens with one attached hydrogen (secondary N) is 1. The van der Waals surface area contributed by atoms with Gasteiger partial charge in [-0.25, -0.2) is 0 Å². The first-order chi connectivity index (χ1) is 6.05. The van der Waals surface area contributed by atoms with Crippen LogP contribution in [0.15, 0.2) is 0 Å². The lowest BCUT2D eigenvalue weighted by Gasteiger charge is -2.31. The molecule has 0 aliphatic rings. The molecular formula is C11H22N2. The molecule has 0 heterocycles. The molecule has 2 heteroatoms. The van der Waals surface area contributed by atoms with Crippen molar-refractivity contribution in [2.45, 2.75) is 32.7 Å². The predicted molar refractivity (Wildman–Crippen MR) is 58.7 cm³/mol. The molecule has 76 valence electrons. The lowest BCUT2D eigenvalue weighted by atomic mass is 10.1. The molecule has 0 aromatic heterocycles. The van der Waals surface area contributed by atoms with Crippen LogP contribution in [-0.4, -0.2) is 37.1 Å². The molecule has 0 amide bonds. The first kappa shape index (κ1) is 12.5. The average molecular weight is 182 g/mol. The second-order valence-electron chi connectivity index (χ2n) is 4.05. The van der Waals surface area contributed by atoms with E-state index in [9.17, 15) is 0 Å². The standard InChI is InChI=1S/C11H22N2/c1-6-8-13(9-7-2)10-11(3,4)12-5/h1,12H,7-10H2,2-5H3. The third-order valence-electron chi connectivity index (χ3n) is 2.15. The zero-order valence-corrected chi connectivity index (χ0v) is 9.35. The Labute approximate surface area is 82.7 Å². The van der Waals surface area contributed by atoms with Crippen molar-refractivity contribution in [1.82, 2.24) is 10.2 Å². The van der Waals surface area contributed by atoms with E-state index in [0.29, 0.717) is 0 Å². The van der Waals surface area contributed by atoms with Crippen LogP contribution in [0, 0.1) is 12.3 Å². The maximum Gasteiger partial charge on any atom is 0.0599 e. The van der Waals surface area contributed by atoms with Crippen LogP contribution < -0.4 is 5.32 Å². The topological polar surface area (TPSA) is 15.3 Å². The van der Waals surface area contributed by atoms with Gasteiger partial charge in [0.25, 0.3) is 0 Å². The molecule has 0 bridgehead atoms. The Balaban J connectivity index is 4.01. The molecule has 0 atom stereocenters. The minimum atomic E-state index is 0.145. The summed E-state index contributed by atoms with van der Waals surface area (Å²) in [6.45, 7) is 9.38. The van der Waals surface area contributed by atoms with Gasteiger partial charge in [-0.2, -0.15) is 0 Å². The zero-order chi connectivity index (χ0) is 10.3. The van der Waals surface area contributed by atoms with Crippen LogP contribution in [0.25, 0.3) is 0 Å². The van der Waals surface area contributed by atoms with E-state index in [1.54, 1.807) is 0 Å². The third kappa shape index (κ3) is 5.68. The molecule has 1 N–H and O–H groups in total. The summed E-state index contributed by atoms with van der Waals surface area (Å²) in [7, 11) is 1.99. The molecule has 0 fully saturated rings. The van der Waals surface area contributed by atoms with E-state index in [2.05, 4.69) is 36.9 Å². The molecule has 0 radical (unpaired) electrons. The Morgan fingerprint density at radius 3 is 2.46 bits per heavy atom. The summed E-state index contributed by atoms with van der Waals surface area (Å²) >= 11 is 0. The van der Waals surface area contributed by atoms with Gasteiger partial charge in [-0.15, -0.1) is 6.42 Å². The summed E-state index contributed by atoms with van der Waals surface area (Å²) in [5, 5.41) is 3.28. The number of nitrogens with zero attached hydrogens (tertiary/aromatic N) is 1. The molecule has 0 spiro atoms. The minimum Gasteiger partial charge on any atom is -0.314 e. The van der Waals surface area contributed by atoms with Crippen molar-refractivity contribution in [3.05, 3.63) is 0 Å². The number of terminal acetylenes is 1. The van der Waals surface area contributed by atoms with Crippen LogP contribution in [0.4, 0.5) is 0 Å². The molecule has 0 aliphatic heterocycles. The van der Waals surface area contributed by atoms with Gasteiger partial charge in [0.2, 0.25) is 0 Å². The molecular weight excluding hydrogens is 160 g/mol. The molecule has 0 aliphatic carbocycles. The second kappa shape index (κ2) is 6.01. The van der Waals surface area contributed by atoms with Gasteiger partial charge >= 0.3 is 0 Å². The SMILES string of the molecule is C#CCN(CCC)CC(C)(C)NC. The van der Waals surface area contributed by atoms with Gasteiger partial charge in [0.1, 0.15) is 0 Å². The maximum atomic E-state index is 5.31. The maximum absolute atomic E-state index is 5.31. The lowest BCUT2D eigenvalue weighted by Crippen LogP contribution is -2.47. The highest BCUT2D eigenvalue weighted by Crippen LogP contribution is 2.04. The van der Waals surface area contributed by atoms with E-state index in [-0.39, 0.29) is 5.54 Å². The van der Waals surface area contributed by atoms with Crippen molar-refractivity contribution in [2.75, 3.05) is 26.7 Å². The molecule has 0 saturated carbocycles. The van der Waals surface area contributed by atoms with Crippen LogP contribution in [0.5, 0.6) is 0 Å². The Hall–Kier alpha value is -0.520. The quantitative estimate of drug-likeness (QED) is 0.623. The fourth-order valence-corrected chi connectivity index (χ4v) is 1.30. The van der Waals surface area contributed by atoms with Crippen molar-refractivity contribution in [3.63, 3.8) is 0 Å². The van der Waals surface area contributed by atoms with Crippen molar-refractivity contribution >= 4 is 0 Å². The van der Waals surface area contributed by atoms with Gasteiger partial charge < -0.3 is 5.32 Å². The van der Waals surface area contributed by atoms with Crippen LogP contribution >= 0.6 is 0 Å². The first-order valence-electron chi connectivity index (χ1n) is 4.90. The predicted octanol–water partition coefficient (Wildman–Crippen LogP) is 1.33. The van der Waals surface area contributed by atoms with Gasteiger partial charge in [0, 0.05) is 12.1 Å². The van der Waals surface area contributed by atoms with Crippen molar-refractivity contribution in [2.24, 2.45) is 0 Å². The fraction of sp³-hybridized carbons (Fsp3) is 0.818. The molecule has 0 saturated heterocycles. The number of rotatable bonds is 6. The van der Waals surface area contributed by atoms with E-state index < -0.39 is 0 Å². The van der Waals surface area contributed by atoms with Gasteiger partial charge in [-0.1, -0.05) is 12.8 Å². The van der Waals surface area contributed by atoms with Crippen molar-refractivity contribution in [1.29, 1.82) is 0 Å². The number of hydrogen-bond acceptors (Lipinski definition) is 2. The lowest BCUT2D eigenvalue weighted by molar-refractivity contribution is 0.228. The molecule has 0 aromatic rings. The Kier molecular flexibility index (Phi) is 5.77. The highest BCUT2D eigenvalue weighted by Gasteiger charge is 2.18. The molecule has 13 heavy (non-hydrogen) atoms. The molecule has 0 unspecified atom stereocenters. The summed E-state index contributed by atoms with van der Waals surface area (Å²) in [6, 6.07) is 0. The minimum absolute atomic E-state index is 0.145. The summed E-state index contributed by atoms with van der Waals surface area (Å²) in [4.78, 5) is 2.30. The zero-order valence-electron chi connectivity index (χ0n) is 9.35. The van der Waals surface area contributed by atoms with E-state index in [4.69, 9.17) is 6.42 Å². The average Bonchev–Trinajstić information content (AvgIpc) is 2.05. The Morgan fingerprint density at radius 2 is 2.08 bits per heavy atom. The van der Waals surface area contributed by atoms with Crippen molar-refractivity contribution < 1.29 is 0 Å². The monoisotopic (exact) mass is 182 g/mol. The van der Waals surface area contributed by atoms with Crippen LogP contribution in [0.2, 0.25) is 0 Å².